The van der Waals surface area contributed by atoms with Crippen LogP contribution in [0.3, 0.4) is 0 Å². The second kappa shape index (κ2) is 4.81. The van der Waals surface area contributed by atoms with Gasteiger partial charge in [-0.3, -0.25) is 0 Å². The predicted octanol–water partition coefficient (Wildman–Crippen LogP) is 4.21. The Balaban J connectivity index is 2.44. The average Bonchev–Trinajstić information content (AvgIpc) is 2.33. The van der Waals surface area contributed by atoms with Crippen molar-refractivity contribution in [2.75, 3.05) is 0 Å². The lowest BCUT2D eigenvalue weighted by Crippen LogP contribution is -2.37. The molecule has 1 fully saturated rings. The molecule has 1 N–H and O–H groups in total. The van der Waals surface area contributed by atoms with Crippen molar-refractivity contribution in [3.63, 3.8) is 0 Å². The summed E-state index contributed by atoms with van der Waals surface area (Å²) in [7, 11) is 0. The highest BCUT2D eigenvalue weighted by Crippen LogP contribution is 2.43. The van der Waals surface area contributed by atoms with E-state index in [0.29, 0.717) is 11.8 Å². The van der Waals surface area contributed by atoms with Crippen molar-refractivity contribution >= 4 is 0 Å². The molecule has 2 atom stereocenters. The van der Waals surface area contributed by atoms with Crippen LogP contribution in [-0.4, -0.2) is 5.11 Å². The molecule has 1 heteroatoms. The van der Waals surface area contributed by atoms with Crippen molar-refractivity contribution in [2.24, 2.45) is 5.92 Å². The van der Waals surface area contributed by atoms with Crippen LogP contribution in [0, 0.1) is 5.92 Å². The van der Waals surface area contributed by atoms with Crippen molar-refractivity contribution in [2.45, 2.75) is 58.0 Å². The van der Waals surface area contributed by atoms with Gasteiger partial charge in [0.25, 0.3) is 0 Å². The van der Waals surface area contributed by atoms with Crippen LogP contribution >= 0.6 is 0 Å². The van der Waals surface area contributed by atoms with Gasteiger partial charge in [-0.25, -0.2) is 0 Å². The zero-order valence-corrected chi connectivity index (χ0v) is 11.2. The van der Waals surface area contributed by atoms with Crippen molar-refractivity contribution in [1.29, 1.82) is 0 Å². The molecular formula is C16H24O. The highest BCUT2D eigenvalue weighted by Gasteiger charge is 2.39. The second-order valence-electron chi connectivity index (χ2n) is 5.81. The minimum Gasteiger partial charge on any atom is -0.385 e. The van der Waals surface area contributed by atoms with Crippen LogP contribution in [0.1, 0.15) is 63.5 Å². The molecule has 1 aliphatic rings. The van der Waals surface area contributed by atoms with E-state index >= 15 is 0 Å². The Bertz CT molecular complexity index is 383. The fraction of sp³-hybridized carbons (Fsp3) is 0.625. The van der Waals surface area contributed by atoms with Gasteiger partial charge in [-0.15, -0.1) is 0 Å². The van der Waals surface area contributed by atoms with Gasteiger partial charge in [-0.1, -0.05) is 57.9 Å². The van der Waals surface area contributed by atoms with Gasteiger partial charge in [0.2, 0.25) is 0 Å². The number of hydrogen-bond donors (Lipinski definition) is 1. The van der Waals surface area contributed by atoms with Crippen LogP contribution in [-0.2, 0) is 5.60 Å². The van der Waals surface area contributed by atoms with Gasteiger partial charge in [0.05, 0.1) is 5.60 Å². The Labute approximate surface area is 105 Å². The molecule has 1 aliphatic carbocycles. The van der Waals surface area contributed by atoms with E-state index in [0.717, 1.165) is 19.3 Å². The number of rotatable bonds is 2. The summed E-state index contributed by atoms with van der Waals surface area (Å²) in [5.74, 6) is 0.848. The lowest BCUT2D eigenvalue weighted by atomic mass is 9.70. The van der Waals surface area contributed by atoms with Crippen molar-refractivity contribution in [1.82, 2.24) is 0 Å². The zero-order chi connectivity index (χ0) is 12.5. The SMILES string of the molecule is CC(C)c1ccccc1[C@]1(O)CCCC[C@@H]1C. The Morgan fingerprint density at radius 1 is 1.24 bits per heavy atom. The molecule has 0 aliphatic heterocycles. The van der Waals surface area contributed by atoms with Crippen molar-refractivity contribution in [3.8, 4) is 0 Å². The Kier molecular flexibility index (Phi) is 3.58. The van der Waals surface area contributed by atoms with Crippen molar-refractivity contribution in [3.05, 3.63) is 35.4 Å². The number of aliphatic hydroxyl groups is 1. The molecule has 1 nitrogen and oxygen atoms in total. The van der Waals surface area contributed by atoms with E-state index in [1.807, 2.05) is 0 Å². The summed E-state index contributed by atoms with van der Waals surface area (Å²) in [6.45, 7) is 6.60. The minimum absolute atomic E-state index is 0.371. The van der Waals surface area contributed by atoms with E-state index in [2.05, 4.69) is 45.0 Å². The second-order valence-corrected chi connectivity index (χ2v) is 5.81. The third-order valence-electron chi connectivity index (χ3n) is 4.31. The van der Waals surface area contributed by atoms with Gasteiger partial charge >= 0.3 is 0 Å². The van der Waals surface area contributed by atoms with E-state index < -0.39 is 5.60 Å². The average molecular weight is 232 g/mol. The highest BCUT2D eigenvalue weighted by molar-refractivity contribution is 5.35. The number of benzene rings is 1. The molecule has 17 heavy (non-hydrogen) atoms. The Morgan fingerprint density at radius 2 is 1.94 bits per heavy atom. The monoisotopic (exact) mass is 232 g/mol. The first-order chi connectivity index (χ1) is 8.05. The normalized spacial score (nSPS) is 29.6. The maximum absolute atomic E-state index is 11.0. The summed E-state index contributed by atoms with van der Waals surface area (Å²) in [5.41, 5.74) is 1.88. The topological polar surface area (TPSA) is 20.2 Å². The van der Waals surface area contributed by atoms with Crippen LogP contribution in [0.15, 0.2) is 24.3 Å². The lowest BCUT2D eigenvalue weighted by molar-refractivity contribution is -0.0478. The molecule has 0 aromatic heterocycles. The molecule has 2 rings (SSSR count). The third kappa shape index (κ3) is 2.26. The molecule has 0 heterocycles. The van der Waals surface area contributed by atoms with Crippen LogP contribution in [0.2, 0.25) is 0 Å². The predicted molar refractivity (Wildman–Crippen MR) is 72.1 cm³/mol. The van der Waals surface area contributed by atoms with Crippen LogP contribution < -0.4 is 0 Å². The molecule has 94 valence electrons. The summed E-state index contributed by atoms with van der Waals surface area (Å²) >= 11 is 0. The smallest absolute Gasteiger partial charge is 0.0924 e. The molecule has 1 aromatic carbocycles. The van der Waals surface area contributed by atoms with Crippen LogP contribution in [0.5, 0.6) is 0 Å². The zero-order valence-electron chi connectivity index (χ0n) is 11.2. The van der Waals surface area contributed by atoms with Gasteiger partial charge in [0.15, 0.2) is 0 Å². The molecule has 0 bridgehead atoms. The maximum Gasteiger partial charge on any atom is 0.0924 e. The van der Waals surface area contributed by atoms with Gasteiger partial charge in [0.1, 0.15) is 0 Å². The molecule has 0 spiro atoms. The number of hydrogen-bond acceptors (Lipinski definition) is 1. The van der Waals surface area contributed by atoms with Gasteiger partial charge < -0.3 is 5.11 Å². The standard InChI is InChI=1S/C16H24O/c1-12(2)14-9-4-5-10-15(14)16(17)11-7-6-8-13(16)3/h4-5,9-10,12-13,17H,6-8,11H2,1-3H3/t13-,16-/m0/s1. The maximum atomic E-state index is 11.0. The fourth-order valence-electron chi connectivity index (χ4n) is 3.13. The van der Waals surface area contributed by atoms with Crippen molar-refractivity contribution < 1.29 is 5.11 Å². The summed E-state index contributed by atoms with van der Waals surface area (Å²) < 4.78 is 0. The third-order valence-corrected chi connectivity index (χ3v) is 4.31. The summed E-state index contributed by atoms with van der Waals surface area (Å²) in [6.07, 6.45) is 4.46. The van der Waals surface area contributed by atoms with E-state index in [9.17, 15) is 5.11 Å². The fourth-order valence-corrected chi connectivity index (χ4v) is 3.13. The molecule has 1 saturated carbocycles. The van der Waals surface area contributed by atoms with Crippen LogP contribution in [0.25, 0.3) is 0 Å². The molecule has 1 aromatic rings. The molecule has 0 saturated heterocycles. The first kappa shape index (κ1) is 12.6. The Hall–Kier alpha value is -0.820. The van der Waals surface area contributed by atoms with E-state index in [-0.39, 0.29) is 0 Å². The Morgan fingerprint density at radius 3 is 2.59 bits per heavy atom. The molecular weight excluding hydrogens is 208 g/mol. The van der Waals surface area contributed by atoms with Gasteiger partial charge in [-0.05, 0) is 35.8 Å². The first-order valence-electron chi connectivity index (χ1n) is 6.87. The quantitative estimate of drug-likeness (QED) is 0.810. The summed E-state index contributed by atoms with van der Waals surface area (Å²) in [6, 6.07) is 8.42. The first-order valence-corrected chi connectivity index (χ1v) is 6.87. The van der Waals surface area contributed by atoms with Gasteiger partial charge in [-0.2, -0.15) is 0 Å². The highest BCUT2D eigenvalue weighted by atomic mass is 16.3. The molecule has 0 amide bonds. The largest absolute Gasteiger partial charge is 0.385 e. The summed E-state index contributed by atoms with van der Waals surface area (Å²) in [5, 5.41) is 11.0. The molecule has 0 unspecified atom stereocenters. The van der Waals surface area contributed by atoms with E-state index in [4.69, 9.17) is 0 Å². The van der Waals surface area contributed by atoms with E-state index in [1.54, 1.807) is 0 Å². The van der Waals surface area contributed by atoms with Gasteiger partial charge in [0, 0.05) is 0 Å². The minimum atomic E-state index is -0.598. The van der Waals surface area contributed by atoms with Crippen LogP contribution in [0.4, 0.5) is 0 Å². The van der Waals surface area contributed by atoms with E-state index in [1.165, 1.54) is 17.5 Å². The molecule has 0 radical (unpaired) electrons. The lowest BCUT2D eigenvalue weighted by Gasteiger charge is -2.40. The summed E-state index contributed by atoms with van der Waals surface area (Å²) in [4.78, 5) is 0.